The summed E-state index contributed by atoms with van der Waals surface area (Å²) in [5.74, 6) is -5.01. The van der Waals surface area contributed by atoms with Crippen LogP contribution in [0.1, 0.15) is 22.5 Å². The Balaban J connectivity index is 3.37. The molecule has 0 unspecified atom stereocenters. The molecule has 1 aromatic heterocycles. The first-order valence-corrected chi connectivity index (χ1v) is 4.48. The molecule has 0 aliphatic carbocycles. The number of methoxy groups -OCH3 is 1. The van der Waals surface area contributed by atoms with E-state index in [4.69, 9.17) is 0 Å². The third kappa shape index (κ3) is 3.48. The van der Waals surface area contributed by atoms with E-state index in [1.165, 1.54) is 0 Å². The molecule has 106 valence electrons. The van der Waals surface area contributed by atoms with Gasteiger partial charge >= 0.3 is 12.3 Å². The lowest BCUT2D eigenvalue weighted by atomic mass is 10.1. The normalized spacial score (nSPS) is 11.6. The molecule has 0 atom stereocenters. The predicted octanol–water partition coefficient (Wildman–Crippen LogP) is 2.84. The van der Waals surface area contributed by atoms with Gasteiger partial charge in [0.05, 0.1) is 13.3 Å². The lowest BCUT2D eigenvalue weighted by Gasteiger charge is -2.13. The van der Waals surface area contributed by atoms with Crippen molar-refractivity contribution in [1.29, 1.82) is 0 Å². The van der Waals surface area contributed by atoms with E-state index in [-0.39, 0.29) is 6.20 Å². The molecule has 0 saturated heterocycles. The van der Waals surface area contributed by atoms with E-state index in [1.807, 2.05) is 0 Å². The zero-order valence-electron chi connectivity index (χ0n) is 9.09. The van der Waals surface area contributed by atoms with Crippen LogP contribution in [0, 0.1) is 5.82 Å². The fourth-order valence-corrected chi connectivity index (χ4v) is 1.14. The van der Waals surface area contributed by atoms with Gasteiger partial charge in [0.15, 0.2) is 11.6 Å². The number of rotatable bonds is 3. The smallest absolute Gasteiger partial charge is 0.465 e. The Bertz CT molecular complexity index is 488. The molecule has 4 nitrogen and oxygen atoms in total. The minimum atomic E-state index is -5.26. The molecule has 10 heteroatoms. The van der Waals surface area contributed by atoms with Gasteiger partial charge in [0.1, 0.15) is 11.3 Å². The van der Waals surface area contributed by atoms with E-state index in [0.29, 0.717) is 0 Å². The highest BCUT2D eigenvalue weighted by atomic mass is 19.4. The van der Waals surface area contributed by atoms with Crippen LogP contribution in [0.4, 0.5) is 26.3 Å². The van der Waals surface area contributed by atoms with Crippen molar-refractivity contribution in [3.8, 4) is 5.75 Å². The number of pyridine rings is 1. The number of ether oxygens (including phenoxy) is 2. The van der Waals surface area contributed by atoms with Gasteiger partial charge in [-0.15, -0.1) is 13.2 Å². The van der Waals surface area contributed by atoms with Crippen LogP contribution in [0.15, 0.2) is 6.20 Å². The Labute approximate surface area is 101 Å². The van der Waals surface area contributed by atoms with Crippen molar-refractivity contribution in [3.63, 3.8) is 0 Å². The fraction of sp³-hybridized carbons (Fsp3) is 0.333. The van der Waals surface area contributed by atoms with E-state index in [9.17, 15) is 31.1 Å². The number of halogens is 6. The van der Waals surface area contributed by atoms with Crippen molar-refractivity contribution in [2.45, 2.75) is 12.8 Å². The Morgan fingerprint density at radius 2 is 1.95 bits per heavy atom. The Morgan fingerprint density at radius 1 is 1.37 bits per heavy atom. The Morgan fingerprint density at radius 3 is 2.37 bits per heavy atom. The standard InChI is InChI=1S/C9H5F6NO3/c1-18-8(17)4-5(10)3(19-9(13,14)15)2-16-6(4)7(11)12/h2,7H,1H3. The van der Waals surface area contributed by atoms with Crippen molar-refractivity contribution >= 4 is 5.97 Å². The minimum Gasteiger partial charge on any atom is -0.465 e. The molecular formula is C9H5F6NO3. The second-order valence-electron chi connectivity index (χ2n) is 3.04. The number of hydrogen-bond acceptors (Lipinski definition) is 4. The lowest BCUT2D eigenvalue weighted by molar-refractivity contribution is -0.275. The summed E-state index contributed by atoms with van der Waals surface area (Å²) in [5.41, 5.74) is -2.74. The molecular weight excluding hydrogens is 284 g/mol. The molecule has 0 N–H and O–H groups in total. The Hall–Kier alpha value is -2.00. The minimum absolute atomic E-state index is 0.108. The van der Waals surface area contributed by atoms with Crippen molar-refractivity contribution in [1.82, 2.24) is 4.98 Å². The second kappa shape index (κ2) is 5.33. The van der Waals surface area contributed by atoms with Crippen molar-refractivity contribution < 1.29 is 40.6 Å². The Kier molecular flexibility index (Phi) is 4.22. The number of esters is 1. The average Bonchev–Trinajstić information content (AvgIpc) is 2.28. The zero-order valence-corrected chi connectivity index (χ0v) is 9.09. The van der Waals surface area contributed by atoms with Gasteiger partial charge in [-0.05, 0) is 0 Å². The summed E-state index contributed by atoms with van der Waals surface area (Å²) in [5, 5.41) is 0. The molecule has 0 aliphatic heterocycles. The number of alkyl halides is 5. The largest absolute Gasteiger partial charge is 0.573 e. The van der Waals surface area contributed by atoms with Crippen LogP contribution in [0.5, 0.6) is 5.75 Å². The van der Waals surface area contributed by atoms with Gasteiger partial charge in [-0.25, -0.2) is 18.0 Å². The molecule has 19 heavy (non-hydrogen) atoms. The second-order valence-corrected chi connectivity index (χ2v) is 3.04. The van der Waals surface area contributed by atoms with E-state index < -0.39 is 41.6 Å². The van der Waals surface area contributed by atoms with Gasteiger partial charge in [-0.1, -0.05) is 0 Å². The van der Waals surface area contributed by atoms with Gasteiger partial charge in [0.2, 0.25) is 0 Å². The molecule has 0 saturated carbocycles. The zero-order chi connectivity index (χ0) is 14.8. The molecule has 0 amide bonds. The molecule has 1 rings (SSSR count). The highest BCUT2D eigenvalue weighted by molar-refractivity contribution is 5.91. The number of aromatic nitrogens is 1. The van der Waals surface area contributed by atoms with Crippen LogP contribution < -0.4 is 4.74 Å². The van der Waals surface area contributed by atoms with Gasteiger partial charge < -0.3 is 9.47 Å². The van der Waals surface area contributed by atoms with Crippen LogP contribution in [-0.4, -0.2) is 24.4 Å². The lowest BCUT2D eigenvalue weighted by Crippen LogP contribution is -2.20. The van der Waals surface area contributed by atoms with E-state index in [0.717, 1.165) is 7.11 Å². The van der Waals surface area contributed by atoms with Crippen molar-refractivity contribution in [2.75, 3.05) is 7.11 Å². The van der Waals surface area contributed by atoms with Crippen LogP contribution >= 0.6 is 0 Å². The molecule has 0 radical (unpaired) electrons. The van der Waals surface area contributed by atoms with Crippen LogP contribution in [0.3, 0.4) is 0 Å². The SMILES string of the molecule is COC(=O)c1c(C(F)F)ncc(OC(F)(F)F)c1F. The summed E-state index contributed by atoms with van der Waals surface area (Å²) < 4.78 is 81.5. The first-order chi connectivity index (χ1) is 8.67. The third-order valence-corrected chi connectivity index (χ3v) is 1.83. The van der Waals surface area contributed by atoms with E-state index >= 15 is 0 Å². The van der Waals surface area contributed by atoms with E-state index in [2.05, 4.69) is 14.5 Å². The first-order valence-electron chi connectivity index (χ1n) is 4.48. The molecule has 1 aromatic rings. The fourth-order valence-electron chi connectivity index (χ4n) is 1.14. The number of carbonyl (C=O) groups is 1. The summed E-state index contributed by atoms with van der Waals surface area (Å²) in [6.07, 6.45) is -8.53. The molecule has 1 heterocycles. The monoisotopic (exact) mass is 289 g/mol. The maximum Gasteiger partial charge on any atom is 0.573 e. The summed E-state index contributed by atoms with van der Waals surface area (Å²) in [4.78, 5) is 14.0. The molecule has 0 bridgehead atoms. The maximum absolute atomic E-state index is 13.6. The first kappa shape index (κ1) is 15.1. The number of carbonyl (C=O) groups excluding carboxylic acids is 1. The van der Waals surface area contributed by atoms with Gasteiger partial charge in [0.25, 0.3) is 6.43 Å². The van der Waals surface area contributed by atoms with E-state index in [1.54, 1.807) is 0 Å². The highest BCUT2D eigenvalue weighted by Gasteiger charge is 2.35. The number of hydrogen-bond donors (Lipinski definition) is 0. The quantitative estimate of drug-likeness (QED) is 0.634. The van der Waals surface area contributed by atoms with Crippen LogP contribution in [0.25, 0.3) is 0 Å². The average molecular weight is 289 g/mol. The summed E-state index contributed by atoms with van der Waals surface area (Å²) in [6, 6.07) is 0. The molecule has 0 spiro atoms. The predicted molar refractivity (Wildman–Crippen MR) is 47.2 cm³/mol. The third-order valence-electron chi connectivity index (χ3n) is 1.83. The number of nitrogens with zero attached hydrogens (tertiary/aromatic N) is 1. The van der Waals surface area contributed by atoms with Crippen molar-refractivity contribution in [3.05, 3.63) is 23.3 Å². The summed E-state index contributed by atoms with van der Waals surface area (Å²) in [6.45, 7) is 0. The maximum atomic E-state index is 13.6. The van der Waals surface area contributed by atoms with Crippen LogP contribution in [-0.2, 0) is 4.74 Å². The van der Waals surface area contributed by atoms with Gasteiger partial charge in [0, 0.05) is 0 Å². The highest BCUT2D eigenvalue weighted by Crippen LogP contribution is 2.31. The molecule has 0 aliphatic rings. The van der Waals surface area contributed by atoms with Gasteiger partial charge in [-0.3, -0.25) is 4.98 Å². The molecule has 0 fully saturated rings. The topological polar surface area (TPSA) is 48.4 Å². The molecule has 0 aromatic carbocycles. The van der Waals surface area contributed by atoms with Crippen LogP contribution in [0.2, 0.25) is 0 Å². The summed E-state index contributed by atoms with van der Waals surface area (Å²) in [7, 11) is 0.744. The van der Waals surface area contributed by atoms with Gasteiger partial charge in [-0.2, -0.15) is 0 Å². The van der Waals surface area contributed by atoms with Crippen molar-refractivity contribution in [2.24, 2.45) is 0 Å². The summed E-state index contributed by atoms with van der Waals surface area (Å²) >= 11 is 0.